The van der Waals surface area contributed by atoms with E-state index in [4.69, 9.17) is 9.84 Å². The first-order chi connectivity index (χ1) is 6.74. The van der Waals surface area contributed by atoms with E-state index in [1.54, 1.807) is 0 Å². The molecule has 0 aromatic carbocycles. The molecule has 0 radical (unpaired) electrons. The minimum absolute atomic E-state index is 0.0596. The third-order valence-corrected chi connectivity index (χ3v) is 2.00. The molecule has 0 bridgehead atoms. The van der Waals surface area contributed by atoms with Gasteiger partial charge in [0.15, 0.2) is 0 Å². The van der Waals surface area contributed by atoms with Crippen molar-refractivity contribution < 1.29 is 9.84 Å². The van der Waals surface area contributed by atoms with E-state index in [0.717, 1.165) is 5.69 Å². The molecule has 0 unspecified atom stereocenters. The van der Waals surface area contributed by atoms with Gasteiger partial charge in [-0.2, -0.15) is 0 Å². The summed E-state index contributed by atoms with van der Waals surface area (Å²) in [5.41, 5.74) is 2.14. The molecule has 1 heterocycles. The van der Waals surface area contributed by atoms with Crippen LogP contribution in [-0.4, -0.2) is 23.3 Å². The molecule has 1 aromatic heterocycles. The summed E-state index contributed by atoms with van der Waals surface area (Å²) in [4.78, 5) is 4.27. The molecule has 0 amide bonds. The van der Waals surface area contributed by atoms with Crippen LogP contribution < -0.4 is 0 Å². The van der Waals surface area contributed by atoms with Gasteiger partial charge < -0.3 is 9.84 Å². The fourth-order valence-electron chi connectivity index (χ4n) is 1.10. The monoisotopic (exact) mass is 195 g/mol. The van der Waals surface area contributed by atoms with Crippen LogP contribution >= 0.6 is 0 Å². The zero-order valence-electron chi connectivity index (χ0n) is 8.73. The molecule has 3 heteroatoms. The Morgan fingerprint density at radius 3 is 2.71 bits per heavy atom. The SMILES string of the molecule is CC(C)c1ccc(COCCO)nc1. The van der Waals surface area contributed by atoms with Crippen molar-refractivity contribution in [3.63, 3.8) is 0 Å². The Hall–Kier alpha value is -0.930. The van der Waals surface area contributed by atoms with E-state index in [9.17, 15) is 0 Å². The second kappa shape index (κ2) is 5.73. The molecule has 0 saturated heterocycles. The molecule has 14 heavy (non-hydrogen) atoms. The van der Waals surface area contributed by atoms with Crippen molar-refractivity contribution in [2.75, 3.05) is 13.2 Å². The van der Waals surface area contributed by atoms with E-state index < -0.39 is 0 Å². The smallest absolute Gasteiger partial charge is 0.0889 e. The Bertz CT molecular complexity index is 256. The van der Waals surface area contributed by atoms with Crippen LogP contribution in [0.2, 0.25) is 0 Å². The van der Waals surface area contributed by atoms with Gasteiger partial charge in [0.1, 0.15) is 0 Å². The van der Waals surface area contributed by atoms with Gasteiger partial charge in [0.2, 0.25) is 0 Å². The summed E-state index contributed by atoms with van der Waals surface area (Å²) in [6.45, 7) is 5.18. The van der Waals surface area contributed by atoms with Crippen LogP contribution in [0.25, 0.3) is 0 Å². The van der Waals surface area contributed by atoms with Crippen LogP contribution in [-0.2, 0) is 11.3 Å². The lowest BCUT2D eigenvalue weighted by molar-refractivity contribution is 0.0797. The van der Waals surface area contributed by atoms with Crippen LogP contribution in [0.15, 0.2) is 18.3 Å². The quantitative estimate of drug-likeness (QED) is 0.727. The van der Waals surface area contributed by atoms with Crippen LogP contribution in [0.5, 0.6) is 0 Å². The zero-order valence-corrected chi connectivity index (χ0v) is 8.73. The first-order valence-corrected chi connectivity index (χ1v) is 4.87. The van der Waals surface area contributed by atoms with E-state index >= 15 is 0 Å². The molecule has 0 saturated carbocycles. The summed E-state index contributed by atoms with van der Waals surface area (Å²) < 4.78 is 5.16. The minimum Gasteiger partial charge on any atom is -0.394 e. The maximum absolute atomic E-state index is 8.52. The Kier molecular flexibility index (Phi) is 4.56. The summed E-state index contributed by atoms with van der Waals surface area (Å²) in [6.07, 6.45) is 1.88. The van der Waals surface area contributed by atoms with Gasteiger partial charge in [-0.05, 0) is 17.5 Å². The molecule has 0 fully saturated rings. The van der Waals surface area contributed by atoms with E-state index in [0.29, 0.717) is 19.1 Å². The van der Waals surface area contributed by atoms with Gasteiger partial charge in [0, 0.05) is 6.20 Å². The van der Waals surface area contributed by atoms with E-state index in [1.165, 1.54) is 5.56 Å². The number of rotatable bonds is 5. The first-order valence-electron chi connectivity index (χ1n) is 4.87. The van der Waals surface area contributed by atoms with Crippen LogP contribution in [0, 0.1) is 0 Å². The molecule has 78 valence electrons. The average Bonchev–Trinajstić information content (AvgIpc) is 2.19. The number of aliphatic hydroxyl groups excluding tert-OH is 1. The molecule has 0 atom stereocenters. The fourth-order valence-corrected chi connectivity index (χ4v) is 1.10. The van der Waals surface area contributed by atoms with Crippen molar-refractivity contribution in [1.29, 1.82) is 0 Å². The van der Waals surface area contributed by atoms with Crippen molar-refractivity contribution >= 4 is 0 Å². The highest BCUT2D eigenvalue weighted by Crippen LogP contribution is 2.12. The van der Waals surface area contributed by atoms with Crippen molar-refractivity contribution in [2.45, 2.75) is 26.4 Å². The maximum Gasteiger partial charge on any atom is 0.0889 e. The molecular weight excluding hydrogens is 178 g/mol. The van der Waals surface area contributed by atoms with Crippen LogP contribution in [0.3, 0.4) is 0 Å². The highest BCUT2D eigenvalue weighted by atomic mass is 16.5. The molecule has 0 aliphatic carbocycles. The second-order valence-corrected chi connectivity index (χ2v) is 3.51. The van der Waals surface area contributed by atoms with E-state index in [2.05, 4.69) is 24.9 Å². The van der Waals surface area contributed by atoms with Gasteiger partial charge in [0.05, 0.1) is 25.5 Å². The summed E-state index contributed by atoms with van der Waals surface area (Å²) in [5, 5.41) is 8.52. The molecule has 3 nitrogen and oxygen atoms in total. The van der Waals surface area contributed by atoms with Gasteiger partial charge in [0.25, 0.3) is 0 Å². The number of aliphatic hydroxyl groups is 1. The van der Waals surface area contributed by atoms with Crippen molar-refractivity contribution in [3.8, 4) is 0 Å². The lowest BCUT2D eigenvalue weighted by atomic mass is 10.1. The Morgan fingerprint density at radius 1 is 1.43 bits per heavy atom. The fraction of sp³-hybridized carbons (Fsp3) is 0.545. The van der Waals surface area contributed by atoms with Crippen LogP contribution in [0.1, 0.15) is 31.0 Å². The first kappa shape index (κ1) is 11.1. The average molecular weight is 195 g/mol. The van der Waals surface area contributed by atoms with E-state index in [-0.39, 0.29) is 6.61 Å². The number of nitrogens with zero attached hydrogens (tertiary/aromatic N) is 1. The Morgan fingerprint density at radius 2 is 2.21 bits per heavy atom. The molecule has 0 aliphatic heterocycles. The van der Waals surface area contributed by atoms with Crippen LogP contribution in [0.4, 0.5) is 0 Å². The lowest BCUT2D eigenvalue weighted by Gasteiger charge is -2.06. The number of hydrogen-bond acceptors (Lipinski definition) is 3. The zero-order chi connectivity index (χ0) is 10.4. The summed E-state index contributed by atoms with van der Waals surface area (Å²) >= 11 is 0. The Labute approximate surface area is 84.7 Å². The van der Waals surface area contributed by atoms with Gasteiger partial charge in [-0.15, -0.1) is 0 Å². The van der Waals surface area contributed by atoms with Crippen molar-refractivity contribution in [3.05, 3.63) is 29.6 Å². The molecule has 1 aromatic rings. The third kappa shape index (κ3) is 3.44. The number of pyridine rings is 1. The standard InChI is InChI=1S/C11H17NO2/c1-9(2)10-3-4-11(12-7-10)8-14-6-5-13/h3-4,7,9,13H,5-6,8H2,1-2H3. The maximum atomic E-state index is 8.52. The second-order valence-electron chi connectivity index (χ2n) is 3.51. The predicted octanol–water partition coefficient (Wildman–Crippen LogP) is 1.71. The highest BCUT2D eigenvalue weighted by Gasteiger charge is 1.99. The normalized spacial score (nSPS) is 10.9. The lowest BCUT2D eigenvalue weighted by Crippen LogP contribution is -2.01. The summed E-state index contributed by atoms with van der Waals surface area (Å²) in [6, 6.07) is 4.03. The molecule has 1 rings (SSSR count). The predicted molar refractivity (Wildman–Crippen MR) is 55.1 cm³/mol. The van der Waals surface area contributed by atoms with Crippen molar-refractivity contribution in [1.82, 2.24) is 4.98 Å². The number of hydrogen-bond donors (Lipinski definition) is 1. The summed E-state index contributed by atoms with van der Waals surface area (Å²) in [5.74, 6) is 0.509. The summed E-state index contributed by atoms with van der Waals surface area (Å²) in [7, 11) is 0. The molecule has 0 spiro atoms. The van der Waals surface area contributed by atoms with Gasteiger partial charge in [-0.1, -0.05) is 19.9 Å². The van der Waals surface area contributed by atoms with E-state index in [1.807, 2.05) is 12.3 Å². The Balaban J connectivity index is 2.47. The minimum atomic E-state index is 0.0596. The number of ether oxygens (including phenoxy) is 1. The molecule has 0 aliphatic rings. The molecule has 1 N–H and O–H groups in total. The van der Waals surface area contributed by atoms with Gasteiger partial charge in [-0.25, -0.2) is 0 Å². The third-order valence-electron chi connectivity index (χ3n) is 2.00. The highest BCUT2D eigenvalue weighted by molar-refractivity contribution is 5.16. The number of aromatic nitrogens is 1. The van der Waals surface area contributed by atoms with Gasteiger partial charge >= 0.3 is 0 Å². The topological polar surface area (TPSA) is 42.4 Å². The largest absolute Gasteiger partial charge is 0.394 e. The van der Waals surface area contributed by atoms with Gasteiger partial charge in [-0.3, -0.25) is 4.98 Å². The van der Waals surface area contributed by atoms with Crippen molar-refractivity contribution in [2.24, 2.45) is 0 Å². The molecular formula is C11H17NO2.